The maximum absolute atomic E-state index is 12.7. The molecule has 2 aromatic rings. The first kappa shape index (κ1) is 34.0. The van der Waals surface area contributed by atoms with Crippen LogP contribution in [0.1, 0.15) is 60.8 Å². The Morgan fingerprint density at radius 1 is 0.700 bits per heavy atom. The van der Waals surface area contributed by atoms with Gasteiger partial charge in [0, 0.05) is 49.4 Å². The molecule has 0 radical (unpaired) electrons. The van der Waals surface area contributed by atoms with Crippen molar-refractivity contribution in [1.82, 2.24) is 9.80 Å². The van der Waals surface area contributed by atoms with E-state index in [1.54, 1.807) is 12.1 Å². The van der Waals surface area contributed by atoms with Crippen LogP contribution in [0.25, 0.3) is 0 Å². The molecule has 8 atom stereocenters. The molecule has 10 rings (SSSR count). The molecular weight excluding hydrogens is 679 g/mol. The zero-order valence-electron chi connectivity index (χ0n) is 27.9. The van der Waals surface area contributed by atoms with Crippen molar-refractivity contribution in [1.29, 1.82) is 0 Å². The molecular formula is C38H44Cl2N4O6. The molecule has 2 saturated carbocycles. The second kappa shape index (κ2) is 11.2. The van der Waals surface area contributed by atoms with Crippen molar-refractivity contribution < 1.29 is 29.9 Å². The van der Waals surface area contributed by atoms with Gasteiger partial charge in [0.05, 0.1) is 33.5 Å². The predicted molar refractivity (Wildman–Crippen MR) is 194 cm³/mol. The van der Waals surface area contributed by atoms with Gasteiger partial charge in [-0.05, 0) is 74.6 Å². The van der Waals surface area contributed by atoms with Gasteiger partial charge in [0.25, 0.3) is 0 Å². The summed E-state index contributed by atoms with van der Waals surface area (Å²) in [6.07, 6.45) is 7.42. The summed E-state index contributed by atoms with van der Waals surface area (Å²) in [6, 6.07) is 7.18. The Bertz CT molecular complexity index is 1750. The average molecular weight is 724 g/mol. The van der Waals surface area contributed by atoms with Crippen molar-refractivity contribution in [2.75, 3.05) is 26.2 Å². The first-order chi connectivity index (χ1) is 23.2. The first-order valence-electron chi connectivity index (χ1n) is 17.5. The Morgan fingerprint density at radius 3 is 1.52 bits per heavy atom. The number of phenolic OH excluding ortho intramolecular Hbond substituents is 2. The van der Waals surface area contributed by atoms with E-state index in [1.807, 2.05) is 24.3 Å². The number of aliphatic hydroxyl groups is 2. The minimum Gasteiger partial charge on any atom is -0.504 e. The van der Waals surface area contributed by atoms with Crippen LogP contribution in [0, 0.1) is 0 Å². The molecule has 2 saturated heterocycles. The molecule has 0 amide bonds. The summed E-state index contributed by atoms with van der Waals surface area (Å²) in [5.74, 6) is 1.11. The van der Waals surface area contributed by atoms with Crippen LogP contribution in [0.15, 0.2) is 59.8 Å². The van der Waals surface area contributed by atoms with Crippen molar-refractivity contribution >= 4 is 36.2 Å². The number of hydrogen-bond donors (Lipinski definition) is 4. The summed E-state index contributed by atoms with van der Waals surface area (Å²) in [6.45, 7) is 10.9. The van der Waals surface area contributed by atoms with E-state index in [1.165, 1.54) is 0 Å². The van der Waals surface area contributed by atoms with Crippen LogP contribution in [-0.2, 0) is 23.7 Å². The molecule has 0 aromatic heterocycles. The molecule has 8 unspecified atom stereocenters. The van der Waals surface area contributed by atoms with Crippen molar-refractivity contribution in [2.24, 2.45) is 10.2 Å². The van der Waals surface area contributed by atoms with Crippen LogP contribution in [0.2, 0.25) is 0 Å². The van der Waals surface area contributed by atoms with E-state index >= 15 is 0 Å². The number of ether oxygens (including phenoxy) is 2. The monoisotopic (exact) mass is 722 g/mol. The molecule has 8 aliphatic rings. The smallest absolute Gasteiger partial charge is 0.166 e. The largest absolute Gasteiger partial charge is 0.504 e. The summed E-state index contributed by atoms with van der Waals surface area (Å²) >= 11 is 0. The lowest BCUT2D eigenvalue weighted by molar-refractivity contribution is -0.164. The van der Waals surface area contributed by atoms with Crippen LogP contribution in [0.4, 0.5) is 0 Å². The number of piperidine rings is 2. The quantitative estimate of drug-likeness (QED) is 0.268. The summed E-state index contributed by atoms with van der Waals surface area (Å²) in [5, 5.41) is 57.4. The van der Waals surface area contributed by atoms with Crippen molar-refractivity contribution in [3.05, 3.63) is 71.8 Å². The molecule has 2 spiro atoms. The van der Waals surface area contributed by atoms with Gasteiger partial charge in [0.1, 0.15) is 0 Å². The maximum atomic E-state index is 12.7. The van der Waals surface area contributed by atoms with Crippen molar-refractivity contribution in [3.8, 4) is 23.0 Å². The maximum Gasteiger partial charge on any atom is 0.166 e. The van der Waals surface area contributed by atoms with E-state index in [4.69, 9.17) is 19.7 Å². The molecule has 12 heteroatoms. The highest BCUT2D eigenvalue weighted by molar-refractivity contribution is 5.98. The molecule has 2 aromatic carbocycles. The van der Waals surface area contributed by atoms with Gasteiger partial charge in [-0.3, -0.25) is 9.80 Å². The van der Waals surface area contributed by atoms with Gasteiger partial charge in [0.15, 0.2) is 35.2 Å². The van der Waals surface area contributed by atoms with E-state index in [2.05, 4.69) is 23.0 Å². The summed E-state index contributed by atoms with van der Waals surface area (Å²) < 4.78 is 13.3. The average Bonchev–Trinajstić information content (AvgIpc) is 3.61. The molecule has 4 fully saturated rings. The molecule has 10 nitrogen and oxygen atoms in total. The van der Waals surface area contributed by atoms with Gasteiger partial charge < -0.3 is 29.9 Å². The number of benzene rings is 2. The van der Waals surface area contributed by atoms with Gasteiger partial charge in [-0.2, -0.15) is 10.2 Å². The summed E-state index contributed by atoms with van der Waals surface area (Å²) in [4.78, 5) is 4.68. The van der Waals surface area contributed by atoms with Crippen LogP contribution >= 0.6 is 24.8 Å². The van der Waals surface area contributed by atoms with Gasteiger partial charge in [0.2, 0.25) is 0 Å². The highest BCUT2D eigenvalue weighted by Gasteiger charge is 2.74. The lowest BCUT2D eigenvalue weighted by atomic mass is 9.48. The Labute approximate surface area is 304 Å². The molecule has 4 N–H and O–H groups in total. The molecule has 4 aliphatic heterocycles. The lowest BCUT2D eigenvalue weighted by Crippen LogP contribution is -2.76. The number of rotatable bonds is 5. The van der Waals surface area contributed by atoms with Crippen LogP contribution < -0.4 is 9.47 Å². The number of likely N-dealkylation sites (tertiary alicyclic amines) is 2. The topological polar surface area (TPSA) is 131 Å². The highest BCUT2D eigenvalue weighted by Crippen LogP contribution is 2.66. The molecule has 4 heterocycles. The Kier molecular flexibility index (Phi) is 7.61. The fraction of sp³-hybridized carbons (Fsp3) is 0.526. The molecule has 4 bridgehead atoms. The number of halogens is 2. The van der Waals surface area contributed by atoms with Crippen LogP contribution in [0.5, 0.6) is 23.0 Å². The number of nitrogens with zero attached hydrogens (tertiary/aromatic N) is 4. The summed E-state index contributed by atoms with van der Waals surface area (Å²) in [5.41, 5.74) is 1.99. The molecule has 4 aliphatic carbocycles. The SMILES string of the molecule is C=CCN1CCC23c4c5ccc(O)c4OC2/C(=N\N=C2/CCC4(O)C6Cc7ccc(O)c8c7C4(CCN6CC=C)C2O8)CCC3(O)C1C5.Cl.Cl. The van der Waals surface area contributed by atoms with E-state index in [0.717, 1.165) is 46.8 Å². The molecule has 50 heavy (non-hydrogen) atoms. The number of phenols is 2. The number of hydrogen-bond acceptors (Lipinski definition) is 10. The van der Waals surface area contributed by atoms with Gasteiger partial charge in [-0.25, -0.2) is 0 Å². The van der Waals surface area contributed by atoms with E-state index in [0.29, 0.717) is 76.0 Å². The van der Waals surface area contributed by atoms with Crippen molar-refractivity contribution in [3.63, 3.8) is 0 Å². The second-order valence-electron chi connectivity index (χ2n) is 15.4. The summed E-state index contributed by atoms with van der Waals surface area (Å²) in [7, 11) is 0. The third-order valence-corrected chi connectivity index (χ3v) is 13.8. The third-order valence-electron chi connectivity index (χ3n) is 13.8. The van der Waals surface area contributed by atoms with Crippen molar-refractivity contribution in [2.45, 2.75) is 97.7 Å². The standard InChI is InChI=1S/C38H42N4O6.2ClH/c1-3-15-41-17-13-35-29-21-5-7-25(43)31(29)47-33(35)23(9-11-37(35,45)27(41)19-21)39-40-24-10-12-38(46)28-20-22-6-8-26(44)32-30(22)36(38,34(24)48-32)14-18-42(28)16-4-2;;/h3-8,27-28,33-34,43-46H,1-2,9-20H2;2*1H/b39-23-,40-24+;;. The van der Waals surface area contributed by atoms with E-state index in [-0.39, 0.29) is 48.4 Å². The second-order valence-corrected chi connectivity index (χ2v) is 15.4. The normalized spacial score (nSPS) is 39.7. The van der Waals surface area contributed by atoms with Gasteiger partial charge in [-0.15, -0.1) is 38.0 Å². The Hall–Kier alpha value is -3.12. The minimum atomic E-state index is -1.06. The first-order valence-corrected chi connectivity index (χ1v) is 17.5. The highest BCUT2D eigenvalue weighted by atomic mass is 35.5. The fourth-order valence-corrected chi connectivity index (χ4v) is 12.0. The van der Waals surface area contributed by atoms with Gasteiger partial charge >= 0.3 is 0 Å². The van der Waals surface area contributed by atoms with Gasteiger partial charge in [-0.1, -0.05) is 24.3 Å². The van der Waals surface area contributed by atoms with E-state index < -0.39 is 34.2 Å². The lowest BCUT2D eigenvalue weighted by Gasteiger charge is -2.63. The van der Waals surface area contributed by atoms with Crippen LogP contribution in [-0.4, -0.2) is 103 Å². The van der Waals surface area contributed by atoms with E-state index in [9.17, 15) is 20.4 Å². The zero-order chi connectivity index (χ0) is 32.8. The van der Waals surface area contributed by atoms with Crippen LogP contribution in [0.3, 0.4) is 0 Å². The fourth-order valence-electron chi connectivity index (χ4n) is 12.0. The number of aromatic hydroxyl groups is 2. The molecule has 266 valence electrons. The Morgan fingerprint density at radius 2 is 1.12 bits per heavy atom. The minimum absolute atomic E-state index is 0. The predicted octanol–water partition coefficient (Wildman–Crippen LogP) is 4.12. The zero-order valence-corrected chi connectivity index (χ0v) is 29.5. The Balaban J connectivity index is 0.00000180. The third kappa shape index (κ3) is 3.75.